The van der Waals surface area contributed by atoms with Gasteiger partial charge in [0, 0.05) is 35.0 Å². The predicted octanol–water partition coefficient (Wildman–Crippen LogP) is 6.27. The molecule has 5 nitrogen and oxygen atoms in total. The van der Waals surface area contributed by atoms with Crippen molar-refractivity contribution >= 4 is 33.9 Å². The van der Waals surface area contributed by atoms with Crippen molar-refractivity contribution in [3.05, 3.63) is 93.5 Å². The third-order valence-electron chi connectivity index (χ3n) is 4.28. The van der Waals surface area contributed by atoms with E-state index in [-0.39, 0.29) is 10.6 Å². The molecule has 4 aromatic rings. The predicted molar refractivity (Wildman–Crippen MR) is 107 cm³/mol. The second-order valence-corrected chi connectivity index (χ2v) is 6.56. The zero-order valence-corrected chi connectivity index (χ0v) is 14.9. The number of anilines is 1. The Kier molecular flexibility index (Phi) is 4.52. The number of nitro groups is 1. The number of nitrogens with one attached hydrogen (secondary N) is 1. The van der Waals surface area contributed by atoms with Crippen molar-refractivity contribution in [1.29, 1.82) is 0 Å². The van der Waals surface area contributed by atoms with Crippen LogP contribution in [-0.4, -0.2) is 4.92 Å². The summed E-state index contributed by atoms with van der Waals surface area (Å²) in [4.78, 5) is 11.2. The number of nitrogens with zero attached hydrogens (tertiary/aromatic N) is 1. The zero-order chi connectivity index (χ0) is 18.8. The van der Waals surface area contributed by atoms with Crippen LogP contribution in [0.1, 0.15) is 5.56 Å². The van der Waals surface area contributed by atoms with E-state index >= 15 is 0 Å². The number of furan rings is 1. The molecule has 0 radical (unpaired) electrons. The van der Waals surface area contributed by atoms with E-state index in [1.54, 1.807) is 12.1 Å². The maximum Gasteiger partial charge on any atom is 0.282 e. The molecule has 27 heavy (non-hydrogen) atoms. The summed E-state index contributed by atoms with van der Waals surface area (Å²) < 4.78 is 5.89. The van der Waals surface area contributed by atoms with Gasteiger partial charge >= 0.3 is 0 Å². The molecular formula is C21H15ClN2O3. The van der Waals surface area contributed by atoms with Gasteiger partial charge in [0.25, 0.3) is 5.69 Å². The summed E-state index contributed by atoms with van der Waals surface area (Å²) in [5.74, 6) is 0.601. The normalized spacial score (nSPS) is 10.9. The Bertz CT molecular complexity index is 1110. The van der Waals surface area contributed by atoms with Crippen LogP contribution in [0.15, 0.2) is 77.2 Å². The van der Waals surface area contributed by atoms with Crippen LogP contribution in [-0.2, 0) is 6.54 Å². The summed E-state index contributed by atoms with van der Waals surface area (Å²) in [5, 5.41) is 15.9. The Labute approximate surface area is 160 Å². The standard InChI is InChI=1S/C21H15ClN2O3/c22-16-8-6-14(7-9-16)13-23-17-10-19(24(25)26)18-12-20(27-21(18)11-17)15-4-2-1-3-5-15/h1-12,23H,13H2. The fourth-order valence-corrected chi connectivity index (χ4v) is 3.05. The first-order valence-corrected chi connectivity index (χ1v) is 8.74. The molecule has 0 aliphatic rings. The lowest BCUT2D eigenvalue weighted by Crippen LogP contribution is -2.00. The van der Waals surface area contributed by atoms with Crippen molar-refractivity contribution < 1.29 is 9.34 Å². The summed E-state index contributed by atoms with van der Waals surface area (Å²) in [6.45, 7) is 0.520. The number of nitro benzene ring substituents is 1. The van der Waals surface area contributed by atoms with Crippen LogP contribution in [0.5, 0.6) is 0 Å². The van der Waals surface area contributed by atoms with Gasteiger partial charge in [0.15, 0.2) is 0 Å². The summed E-state index contributed by atoms with van der Waals surface area (Å²) >= 11 is 5.89. The number of hydrogen-bond acceptors (Lipinski definition) is 4. The first kappa shape index (κ1) is 17.1. The van der Waals surface area contributed by atoms with E-state index in [1.165, 1.54) is 6.07 Å². The Morgan fingerprint density at radius 1 is 1.00 bits per heavy atom. The highest BCUT2D eigenvalue weighted by Gasteiger charge is 2.18. The molecule has 0 bridgehead atoms. The second-order valence-electron chi connectivity index (χ2n) is 6.12. The molecule has 0 saturated heterocycles. The van der Waals surface area contributed by atoms with Gasteiger partial charge < -0.3 is 9.73 Å². The van der Waals surface area contributed by atoms with Crippen molar-refractivity contribution in [2.45, 2.75) is 6.54 Å². The molecule has 0 amide bonds. The number of rotatable bonds is 5. The van der Waals surface area contributed by atoms with Gasteiger partial charge in [0.05, 0.1) is 10.3 Å². The third-order valence-corrected chi connectivity index (χ3v) is 4.53. The summed E-state index contributed by atoms with van der Waals surface area (Å²) in [5.41, 5.74) is 3.00. The highest BCUT2D eigenvalue weighted by atomic mass is 35.5. The molecule has 0 unspecified atom stereocenters. The maximum absolute atomic E-state index is 11.5. The van der Waals surface area contributed by atoms with Crippen molar-refractivity contribution in [3.8, 4) is 11.3 Å². The van der Waals surface area contributed by atoms with Gasteiger partial charge in [-0.15, -0.1) is 0 Å². The zero-order valence-electron chi connectivity index (χ0n) is 14.2. The molecule has 0 fully saturated rings. The smallest absolute Gasteiger partial charge is 0.282 e. The number of fused-ring (bicyclic) bond motifs is 1. The molecular weight excluding hydrogens is 364 g/mol. The molecule has 0 saturated carbocycles. The first-order valence-electron chi connectivity index (χ1n) is 8.36. The Morgan fingerprint density at radius 3 is 2.44 bits per heavy atom. The number of halogens is 1. The largest absolute Gasteiger partial charge is 0.456 e. The highest BCUT2D eigenvalue weighted by Crippen LogP contribution is 2.36. The van der Waals surface area contributed by atoms with E-state index < -0.39 is 0 Å². The minimum atomic E-state index is -0.389. The summed E-state index contributed by atoms with van der Waals surface area (Å²) in [7, 11) is 0. The van der Waals surface area contributed by atoms with Crippen molar-refractivity contribution in [2.75, 3.05) is 5.32 Å². The third kappa shape index (κ3) is 3.64. The molecule has 1 heterocycles. The number of hydrogen-bond donors (Lipinski definition) is 1. The average molecular weight is 379 g/mol. The Morgan fingerprint density at radius 2 is 1.74 bits per heavy atom. The van der Waals surface area contributed by atoms with Gasteiger partial charge in [-0.1, -0.05) is 54.1 Å². The van der Waals surface area contributed by atoms with Gasteiger partial charge in [-0.25, -0.2) is 0 Å². The van der Waals surface area contributed by atoms with Crippen LogP contribution in [0.25, 0.3) is 22.3 Å². The number of non-ortho nitro benzene ring substituents is 1. The van der Waals surface area contributed by atoms with Gasteiger partial charge in [-0.05, 0) is 23.8 Å². The van der Waals surface area contributed by atoms with Crippen molar-refractivity contribution in [2.24, 2.45) is 0 Å². The van der Waals surface area contributed by atoms with E-state index in [0.29, 0.717) is 34.0 Å². The fraction of sp³-hybridized carbons (Fsp3) is 0.0476. The lowest BCUT2D eigenvalue weighted by Gasteiger charge is -2.07. The van der Waals surface area contributed by atoms with Crippen LogP contribution < -0.4 is 5.32 Å². The second kappa shape index (κ2) is 7.13. The molecule has 0 spiro atoms. The van der Waals surface area contributed by atoms with E-state index in [2.05, 4.69) is 5.32 Å². The monoisotopic (exact) mass is 378 g/mol. The van der Waals surface area contributed by atoms with Gasteiger partial charge in [-0.3, -0.25) is 10.1 Å². The van der Waals surface area contributed by atoms with Gasteiger partial charge in [0.2, 0.25) is 0 Å². The first-order chi connectivity index (χ1) is 13.1. The molecule has 6 heteroatoms. The van der Waals surface area contributed by atoms with Crippen molar-refractivity contribution in [1.82, 2.24) is 0 Å². The molecule has 3 aromatic carbocycles. The van der Waals surface area contributed by atoms with Crippen LogP contribution in [0.3, 0.4) is 0 Å². The van der Waals surface area contributed by atoms with E-state index in [0.717, 1.165) is 11.1 Å². The highest BCUT2D eigenvalue weighted by molar-refractivity contribution is 6.30. The van der Waals surface area contributed by atoms with Gasteiger partial charge in [-0.2, -0.15) is 0 Å². The molecule has 0 atom stereocenters. The lowest BCUT2D eigenvalue weighted by atomic mass is 10.1. The Balaban J connectivity index is 1.69. The van der Waals surface area contributed by atoms with E-state index in [4.69, 9.17) is 16.0 Å². The average Bonchev–Trinajstić information content (AvgIpc) is 3.11. The minimum absolute atomic E-state index is 0.0111. The molecule has 0 aliphatic carbocycles. The van der Waals surface area contributed by atoms with E-state index in [9.17, 15) is 10.1 Å². The van der Waals surface area contributed by atoms with Crippen LogP contribution in [0, 0.1) is 10.1 Å². The van der Waals surface area contributed by atoms with Crippen molar-refractivity contribution in [3.63, 3.8) is 0 Å². The Hall–Kier alpha value is -3.31. The maximum atomic E-state index is 11.5. The topological polar surface area (TPSA) is 68.3 Å². The summed E-state index contributed by atoms with van der Waals surface area (Å²) in [6.07, 6.45) is 0. The van der Waals surface area contributed by atoms with Gasteiger partial charge in [0.1, 0.15) is 11.3 Å². The molecule has 134 valence electrons. The van der Waals surface area contributed by atoms with Crippen LogP contribution >= 0.6 is 11.6 Å². The van der Waals surface area contributed by atoms with Crippen LogP contribution in [0.2, 0.25) is 5.02 Å². The quantitative estimate of drug-likeness (QED) is 0.328. The lowest BCUT2D eigenvalue weighted by molar-refractivity contribution is -0.383. The minimum Gasteiger partial charge on any atom is -0.456 e. The van der Waals surface area contributed by atoms with Crippen LogP contribution in [0.4, 0.5) is 11.4 Å². The fourth-order valence-electron chi connectivity index (χ4n) is 2.92. The van der Waals surface area contributed by atoms with E-state index in [1.807, 2.05) is 54.6 Å². The number of benzene rings is 3. The molecule has 0 aliphatic heterocycles. The molecule has 4 rings (SSSR count). The SMILES string of the molecule is O=[N+]([O-])c1cc(NCc2ccc(Cl)cc2)cc2oc(-c3ccccc3)cc12. The molecule has 1 N–H and O–H groups in total. The summed E-state index contributed by atoms with van der Waals surface area (Å²) in [6, 6.07) is 22.0. The molecule has 1 aromatic heterocycles.